The Hall–Kier alpha value is -2.68. The van der Waals surface area contributed by atoms with Crippen LogP contribution in [0.4, 0.5) is 5.69 Å². The number of rotatable bonds is 5. The maximum absolute atomic E-state index is 14.1. The number of likely N-dealkylation sites (tertiary alicyclic amines) is 1. The van der Waals surface area contributed by atoms with Crippen LogP contribution < -0.4 is 4.90 Å². The van der Waals surface area contributed by atoms with Gasteiger partial charge in [0.15, 0.2) is 0 Å². The second-order valence-electron chi connectivity index (χ2n) is 9.74. The van der Waals surface area contributed by atoms with E-state index in [9.17, 15) is 19.5 Å². The topological polar surface area (TPSA) is 90.4 Å². The molecule has 2 fully saturated rings. The molecule has 186 valence electrons. The first-order valence-electron chi connectivity index (χ1n) is 12.1. The van der Waals surface area contributed by atoms with Gasteiger partial charge in [0, 0.05) is 26.2 Å². The monoisotopic (exact) mass is 499 g/mol. The van der Waals surface area contributed by atoms with Gasteiger partial charge in [0.25, 0.3) is 5.91 Å². The van der Waals surface area contributed by atoms with Gasteiger partial charge in [-0.2, -0.15) is 0 Å². The minimum Gasteiger partial charge on any atom is -0.395 e. The predicted molar refractivity (Wildman–Crippen MR) is 131 cm³/mol. The van der Waals surface area contributed by atoms with Gasteiger partial charge in [0.1, 0.15) is 11.6 Å². The van der Waals surface area contributed by atoms with Crippen LogP contribution in [0, 0.1) is 11.8 Å². The van der Waals surface area contributed by atoms with E-state index in [-0.39, 0.29) is 37.4 Å². The molecular weight excluding hydrogens is 470 g/mol. The van der Waals surface area contributed by atoms with Crippen molar-refractivity contribution in [1.82, 2.24) is 9.80 Å². The van der Waals surface area contributed by atoms with Gasteiger partial charge in [-0.15, -0.1) is 0 Å². The number of ether oxygens (including phenoxy) is 1. The molecule has 0 radical (unpaired) electrons. The molecule has 1 spiro atoms. The number of halogens is 1. The molecule has 4 heterocycles. The lowest BCUT2D eigenvalue weighted by Gasteiger charge is -2.37. The van der Waals surface area contributed by atoms with Gasteiger partial charge in [-0.25, -0.2) is 0 Å². The van der Waals surface area contributed by atoms with E-state index >= 15 is 0 Å². The fourth-order valence-electron chi connectivity index (χ4n) is 6.28. The van der Waals surface area contributed by atoms with Crippen LogP contribution in [0.5, 0.6) is 0 Å². The van der Waals surface area contributed by atoms with Crippen molar-refractivity contribution < 1.29 is 24.2 Å². The van der Waals surface area contributed by atoms with Crippen molar-refractivity contribution in [2.45, 2.75) is 37.5 Å². The number of hydrogen-bond acceptors (Lipinski definition) is 5. The Morgan fingerprint density at radius 2 is 1.77 bits per heavy atom. The number of anilines is 1. The highest BCUT2D eigenvalue weighted by Gasteiger charge is 2.74. The minimum absolute atomic E-state index is 0.0345. The fourth-order valence-corrected chi connectivity index (χ4v) is 6.52. The van der Waals surface area contributed by atoms with Gasteiger partial charge in [0.2, 0.25) is 11.8 Å². The van der Waals surface area contributed by atoms with E-state index in [1.54, 1.807) is 40.1 Å². The van der Waals surface area contributed by atoms with Crippen molar-refractivity contribution in [3.8, 4) is 0 Å². The lowest BCUT2D eigenvalue weighted by molar-refractivity contribution is -0.148. The largest absolute Gasteiger partial charge is 0.395 e. The Labute approximate surface area is 209 Å². The van der Waals surface area contributed by atoms with E-state index in [1.165, 1.54) is 4.90 Å². The summed E-state index contributed by atoms with van der Waals surface area (Å²) in [6, 6.07) is 6.01. The lowest BCUT2D eigenvalue weighted by atomic mass is 9.74. The van der Waals surface area contributed by atoms with E-state index in [2.05, 4.69) is 0 Å². The highest BCUT2D eigenvalue weighted by Crippen LogP contribution is 2.57. The molecule has 0 bridgehead atoms. The molecule has 1 aromatic carbocycles. The smallest absolute Gasteiger partial charge is 0.253 e. The number of nitrogens with zero attached hydrogens (tertiary/aromatic N) is 3. The molecule has 1 unspecified atom stereocenters. The average Bonchev–Trinajstić information content (AvgIpc) is 3.09. The van der Waals surface area contributed by atoms with Crippen molar-refractivity contribution in [3.05, 3.63) is 53.6 Å². The normalized spacial score (nSPS) is 34.1. The van der Waals surface area contributed by atoms with Gasteiger partial charge in [-0.1, -0.05) is 55.0 Å². The molecule has 3 amide bonds. The summed E-state index contributed by atoms with van der Waals surface area (Å²) in [5, 5.41) is 10.2. The third kappa shape index (κ3) is 3.45. The first-order chi connectivity index (χ1) is 16.8. The third-order valence-electron chi connectivity index (χ3n) is 7.62. The summed E-state index contributed by atoms with van der Waals surface area (Å²) >= 11 is 6.43. The predicted octanol–water partition coefficient (Wildman–Crippen LogP) is 2.01. The molecule has 4 aliphatic heterocycles. The lowest BCUT2D eigenvalue weighted by Crippen LogP contribution is -2.56. The Balaban J connectivity index is 1.64. The molecule has 1 aromatic rings. The summed E-state index contributed by atoms with van der Waals surface area (Å²) in [7, 11) is 0. The number of para-hydroxylation sites is 1. The van der Waals surface area contributed by atoms with Crippen molar-refractivity contribution in [2.75, 3.05) is 37.7 Å². The average molecular weight is 500 g/mol. The summed E-state index contributed by atoms with van der Waals surface area (Å²) in [5.41, 5.74) is -1.86. The number of fused-ring (bicyclic) bond motifs is 2. The van der Waals surface area contributed by atoms with Crippen LogP contribution in [-0.4, -0.2) is 82.7 Å². The Morgan fingerprint density at radius 1 is 1.03 bits per heavy atom. The number of aliphatic hydroxyl groups excluding tert-OH is 1. The first-order valence-corrected chi connectivity index (χ1v) is 12.5. The Kier molecular flexibility index (Phi) is 6.02. The zero-order chi connectivity index (χ0) is 25.0. The van der Waals surface area contributed by atoms with Crippen LogP contribution in [0.25, 0.3) is 0 Å². The molecule has 9 heteroatoms. The second kappa shape index (κ2) is 8.76. The van der Waals surface area contributed by atoms with E-state index in [0.717, 1.165) is 6.42 Å². The SMILES string of the molecule is CCCN1CC=C[C@]2(C)O[C@]34C=CCN(c5ccccc5Cl)C(=O)C3N(CCO)C(=O)[C@@H]4[C@@H]2C1=O. The van der Waals surface area contributed by atoms with E-state index in [0.29, 0.717) is 23.8 Å². The quantitative estimate of drug-likeness (QED) is 0.626. The van der Waals surface area contributed by atoms with E-state index in [1.807, 2.05) is 32.1 Å². The summed E-state index contributed by atoms with van der Waals surface area (Å²) in [5.74, 6) is -2.51. The van der Waals surface area contributed by atoms with Crippen LogP contribution in [0.3, 0.4) is 0 Å². The first kappa shape index (κ1) is 24.0. The van der Waals surface area contributed by atoms with Gasteiger partial charge in [0.05, 0.1) is 34.8 Å². The Morgan fingerprint density at radius 3 is 2.49 bits per heavy atom. The van der Waals surface area contributed by atoms with Crippen LogP contribution in [0.1, 0.15) is 20.3 Å². The molecule has 8 nitrogen and oxygen atoms in total. The summed E-state index contributed by atoms with van der Waals surface area (Å²) in [6.07, 6.45) is 8.18. The summed E-state index contributed by atoms with van der Waals surface area (Å²) < 4.78 is 6.71. The van der Waals surface area contributed by atoms with Crippen LogP contribution >= 0.6 is 11.6 Å². The molecular formula is C26H30ClN3O5. The van der Waals surface area contributed by atoms with Gasteiger partial charge in [-0.05, 0) is 25.5 Å². The summed E-state index contributed by atoms with van der Waals surface area (Å²) in [4.78, 5) is 46.5. The molecule has 2 saturated heterocycles. The fraction of sp³-hybridized carbons (Fsp3) is 0.500. The molecule has 4 aliphatic rings. The Bertz CT molecular complexity index is 1120. The zero-order valence-corrected chi connectivity index (χ0v) is 20.6. The van der Waals surface area contributed by atoms with Crippen molar-refractivity contribution in [3.63, 3.8) is 0 Å². The highest BCUT2D eigenvalue weighted by atomic mass is 35.5. The van der Waals surface area contributed by atoms with Crippen molar-refractivity contribution in [1.29, 1.82) is 0 Å². The molecule has 1 N–H and O–H groups in total. The number of aliphatic hydroxyl groups is 1. The maximum Gasteiger partial charge on any atom is 0.253 e. The number of carbonyl (C=O) groups is 3. The van der Waals surface area contributed by atoms with Crippen LogP contribution in [-0.2, 0) is 19.1 Å². The molecule has 35 heavy (non-hydrogen) atoms. The molecule has 0 aliphatic carbocycles. The van der Waals surface area contributed by atoms with Crippen molar-refractivity contribution >= 4 is 35.0 Å². The van der Waals surface area contributed by atoms with E-state index in [4.69, 9.17) is 16.3 Å². The third-order valence-corrected chi connectivity index (χ3v) is 7.94. The van der Waals surface area contributed by atoms with Gasteiger partial charge in [-0.3, -0.25) is 14.4 Å². The second-order valence-corrected chi connectivity index (χ2v) is 10.1. The number of hydrogen-bond donors (Lipinski definition) is 1. The van der Waals surface area contributed by atoms with Gasteiger partial charge >= 0.3 is 0 Å². The number of amides is 3. The number of carbonyl (C=O) groups excluding carboxylic acids is 3. The highest BCUT2D eigenvalue weighted by molar-refractivity contribution is 6.34. The van der Waals surface area contributed by atoms with Crippen LogP contribution in [0.2, 0.25) is 5.02 Å². The molecule has 5 rings (SSSR count). The van der Waals surface area contributed by atoms with E-state index < -0.39 is 29.1 Å². The summed E-state index contributed by atoms with van der Waals surface area (Å²) in [6.45, 7) is 4.75. The number of benzene rings is 1. The molecule has 0 saturated carbocycles. The zero-order valence-electron chi connectivity index (χ0n) is 19.9. The molecule has 0 aromatic heterocycles. The van der Waals surface area contributed by atoms with Crippen molar-refractivity contribution in [2.24, 2.45) is 11.8 Å². The standard InChI is InChI=1S/C26H30ClN3O5/c1-3-12-28-13-6-10-25(2)19(22(28)32)20-23(33)30(15-16-31)21-24(34)29(14-7-11-26(20,21)35-25)18-9-5-4-8-17(18)27/h4-11,19-21,31H,3,12-16H2,1-2H3/t19-,20+,21?,25+,26+/m1/s1. The minimum atomic E-state index is -1.34. The molecule has 5 atom stereocenters. The van der Waals surface area contributed by atoms with Crippen LogP contribution in [0.15, 0.2) is 48.6 Å². The number of β-amino-alcohol motifs (C(OH)–C–C–N with tert-alkyl or cyclic N) is 1. The maximum atomic E-state index is 14.1. The van der Waals surface area contributed by atoms with Gasteiger partial charge < -0.3 is 24.5 Å².